The molecule has 9 heteroatoms. The van der Waals surface area contributed by atoms with Crippen molar-refractivity contribution in [3.63, 3.8) is 0 Å². The van der Waals surface area contributed by atoms with E-state index in [1.165, 1.54) is 11.8 Å². The minimum absolute atomic E-state index is 0.00705. The van der Waals surface area contributed by atoms with E-state index in [9.17, 15) is 19.5 Å². The van der Waals surface area contributed by atoms with Gasteiger partial charge in [-0.15, -0.1) is 0 Å². The molecule has 0 spiro atoms. The second kappa shape index (κ2) is 7.34. The summed E-state index contributed by atoms with van der Waals surface area (Å²) in [5.74, 6) is -1.08. The summed E-state index contributed by atoms with van der Waals surface area (Å²) in [7, 11) is 0. The van der Waals surface area contributed by atoms with Gasteiger partial charge in [0, 0.05) is 13.0 Å². The summed E-state index contributed by atoms with van der Waals surface area (Å²) < 4.78 is 0. The number of nitrogens with zero attached hydrogens (tertiary/aromatic N) is 1. The van der Waals surface area contributed by atoms with Crippen molar-refractivity contribution in [2.24, 2.45) is 5.73 Å². The van der Waals surface area contributed by atoms with Crippen LogP contribution in [-0.2, 0) is 9.59 Å². The molecular formula is C11H19N3O5S. The van der Waals surface area contributed by atoms with E-state index in [4.69, 9.17) is 10.8 Å². The van der Waals surface area contributed by atoms with Gasteiger partial charge in [0.1, 0.15) is 12.1 Å². The first-order chi connectivity index (χ1) is 9.36. The number of carboxylic acid groups (broad SMARTS) is 1. The number of carbonyl (C=O) groups is 3. The first-order valence-corrected chi connectivity index (χ1v) is 7.52. The highest BCUT2D eigenvalue weighted by atomic mass is 32.2. The quantitative estimate of drug-likeness (QED) is 0.488. The number of amides is 3. The van der Waals surface area contributed by atoms with E-state index < -0.39 is 36.1 Å². The largest absolute Gasteiger partial charge is 0.480 e. The Bertz CT molecular complexity index is 392. The number of nitrogens with two attached hydrogens (primary N) is 1. The monoisotopic (exact) mass is 305 g/mol. The van der Waals surface area contributed by atoms with Crippen molar-refractivity contribution in [1.29, 1.82) is 0 Å². The van der Waals surface area contributed by atoms with Crippen LogP contribution in [0.3, 0.4) is 0 Å². The molecule has 0 saturated carbocycles. The van der Waals surface area contributed by atoms with Crippen molar-refractivity contribution >= 4 is 29.7 Å². The maximum absolute atomic E-state index is 12.3. The average Bonchev–Trinajstić information content (AvgIpc) is 2.75. The number of hydrogen-bond acceptors (Lipinski definition) is 5. The number of β-amino-alcohol motifs (C(OH)–C–C–N with tert-alkyl or cyclic N) is 1. The van der Waals surface area contributed by atoms with Crippen LogP contribution in [0.15, 0.2) is 0 Å². The van der Waals surface area contributed by atoms with E-state index in [2.05, 4.69) is 5.32 Å². The smallest absolute Gasteiger partial charge is 0.326 e. The molecule has 20 heavy (non-hydrogen) atoms. The number of rotatable bonds is 6. The molecule has 5 N–H and O–H groups in total. The lowest BCUT2D eigenvalue weighted by Gasteiger charge is -2.26. The van der Waals surface area contributed by atoms with Gasteiger partial charge in [0.05, 0.1) is 6.10 Å². The number of primary amides is 1. The van der Waals surface area contributed by atoms with Gasteiger partial charge in [0.25, 0.3) is 0 Å². The predicted molar refractivity (Wildman–Crippen MR) is 73.3 cm³/mol. The molecule has 1 fully saturated rings. The molecule has 8 nitrogen and oxygen atoms in total. The second-order valence-corrected chi connectivity index (χ2v) is 5.56. The molecule has 0 radical (unpaired) electrons. The van der Waals surface area contributed by atoms with Crippen LogP contribution in [0.4, 0.5) is 4.79 Å². The summed E-state index contributed by atoms with van der Waals surface area (Å²) >= 11 is 1.50. The summed E-state index contributed by atoms with van der Waals surface area (Å²) in [6.45, 7) is -0.0496. The molecule has 1 saturated heterocycles. The number of nitrogens with one attached hydrogen (secondary N) is 1. The molecule has 1 aliphatic rings. The van der Waals surface area contributed by atoms with Crippen molar-refractivity contribution in [2.75, 3.05) is 18.6 Å². The fraction of sp³-hybridized carbons (Fsp3) is 0.727. The van der Waals surface area contributed by atoms with Crippen LogP contribution in [0.5, 0.6) is 0 Å². The van der Waals surface area contributed by atoms with Gasteiger partial charge in [-0.1, -0.05) is 0 Å². The van der Waals surface area contributed by atoms with Gasteiger partial charge in [-0.2, -0.15) is 11.8 Å². The number of aliphatic hydroxyl groups excluding tert-OH is 1. The Kier molecular flexibility index (Phi) is 6.08. The van der Waals surface area contributed by atoms with E-state index in [1.807, 2.05) is 6.26 Å². The molecule has 1 unspecified atom stereocenters. The molecule has 3 atom stereocenters. The third-order valence-electron chi connectivity index (χ3n) is 3.07. The van der Waals surface area contributed by atoms with Crippen LogP contribution in [0, 0.1) is 0 Å². The fourth-order valence-electron chi connectivity index (χ4n) is 2.16. The molecule has 0 aliphatic carbocycles. The molecule has 1 rings (SSSR count). The van der Waals surface area contributed by atoms with Gasteiger partial charge in [0.2, 0.25) is 5.91 Å². The lowest BCUT2D eigenvalue weighted by Crippen LogP contribution is -2.53. The maximum atomic E-state index is 12.3. The normalized spacial score (nSPS) is 23.4. The summed E-state index contributed by atoms with van der Waals surface area (Å²) in [4.78, 5) is 35.4. The first-order valence-electron chi connectivity index (χ1n) is 6.13. The van der Waals surface area contributed by atoms with Crippen molar-refractivity contribution in [3.05, 3.63) is 0 Å². The summed E-state index contributed by atoms with van der Waals surface area (Å²) in [5.41, 5.74) is 5.03. The molecule has 1 heterocycles. The lowest BCUT2D eigenvalue weighted by atomic mass is 10.1. The van der Waals surface area contributed by atoms with Gasteiger partial charge >= 0.3 is 12.0 Å². The Morgan fingerprint density at radius 1 is 1.50 bits per heavy atom. The zero-order chi connectivity index (χ0) is 15.3. The second-order valence-electron chi connectivity index (χ2n) is 4.58. The number of aliphatic carboxylic acids is 1. The number of carbonyl (C=O) groups excluding carboxylic acids is 2. The van der Waals surface area contributed by atoms with Crippen LogP contribution >= 0.6 is 11.8 Å². The lowest BCUT2D eigenvalue weighted by molar-refractivity contribution is -0.148. The molecule has 114 valence electrons. The van der Waals surface area contributed by atoms with Crippen LogP contribution in [0.1, 0.15) is 12.8 Å². The van der Waals surface area contributed by atoms with Crippen LogP contribution in [-0.4, -0.2) is 69.8 Å². The van der Waals surface area contributed by atoms with Gasteiger partial charge in [-0.25, -0.2) is 9.59 Å². The molecule has 1 aliphatic heterocycles. The number of hydrogen-bond donors (Lipinski definition) is 4. The molecule has 0 aromatic rings. The summed E-state index contributed by atoms with van der Waals surface area (Å²) in [6, 6.07) is -2.77. The number of urea groups is 1. The Labute approximate surface area is 120 Å². The van der Waals surface area contributed by atoms with E-state index in [0.29, 0.717) is 12.2 Å². The average molecular weight is 305 g/mol. The SMILES string of the molecule is CSCCC(NC(N)=O)C(=O)N1C[C@H](O)C[C@@H]1C(=O)O. The van der Waals surface area contributed by atoms with Crippen LogP contribution in [0.2, 0.25) is 0 Å². The van der Waals surface area contributed by atoms with E-state index in [0.717, 1.165) is 4.90 Å². The van der Waals surface area contributed by atoms with Gasteiger partial charge in [-0.05, 0) is 18.4 Å². The van der Waals surface area contributed by atoms with Gasteiger partial charge in [0.15, 0.2) is 0 Å². The van der Waals surface area contributed by atoms with Crippen LogP contribution < -0.4 is 11.1 Å². The number of thioether (sulfide) groups is 1. The van der Waals surface area contributed by atoms with Crippen molar-refractivity contribution in [2.45, 2.75) is 31.0 Å². The standard InChI is InChI=1S/C11H19N3O5S/c1-20-3-2-7(13-11(12)19)9(16)14-5-6(15)4-8(14)10(17)18/h6-8,15H,2-5H2,1H3,(H,17,18)(H3,12,13,19)/t6-,7?,8-/m1/s1. The molecule has 3 amide bonds. The van der Waals surface area contributed by atoms with E-state index in [-0.39, 0.29) is 13.0 Å². The van der Waals surface area contributed by atoms with Gasteiger partial charge < -0.3 is 26.2 Å². The molecule has 0 bridgehead atoms. The highest BCUT2D eigenvalue weighted by Gasteiger charge is 2.41. The Morgan fingerprint density at radius 3 is 2.65 bits per heavy atom. The summed E-state index contributed by atoms with van der Waals surface area (Å²) in [6.07, 6.45) is 1.33. The maximum Gasteiger partial charge on any atom is 0.326 e. The van der Waals surface area contributed by atoms with E-state index >= 15 is 0 Å². The zero-order valence-electron chi connectivity index (χ0n) is 11.1. The minimum atomic E-state index is -1.17. The molecule has 0 aromatic carbocycles. The Morgan fingerprint density at radius 2 is 2.15 bits per heavy atom. The molecule has 0 aromatic heterocycles. The third kappa shape index (κ3) is 4.27. The first kappa shape index (κ1) is 16.6. The van der Waals surface area contributed by atoms with Crippen molar-refractivity contribution in [1.82, 2.24) is 10.2 Å². The summed E-state index contributed by atoms with van der Waals surface area (Å²) in [5, 5.41) is 20.9. The van der Waals surface area contributed by atoms with Gasteiger partial charge in [-0.3, -0.25) is 4.79 Å². The highest BCUT2D eigenvalue weighted by molar-refractivity contribution is 7.98. The molecular weight excluding hydrogens is 286 g/mol. The van der Waals surface area contributed by atoms with Crippen molar-refractivity contribution in [3.8, 4) is 0 Å². The highest BCUT2D eigenvalue weighted by Crippen LogP contribution is 2.20. The van der Waals surface area contributed by atoms with Crippen LogP contribution in [0.25, 0.3) is 0 Å². The Hall–Kier alpha value is -1.48. The topological polar surface area (TPSA) is 133 Å². The zero-order valence-corrected chi connectivity index (χ0v) is 11.9. The number of carboxylic acids is 1. The fourth-order valence-corrected chi connectivity index (χ4v) is 2.63. The minimum Gasteiger partial charge on any atom is -0.480 e. The Balaban J connectivity index is 2.81. The van der Waals surface area contributed by atoms with Crippen molar-refractivity contribution < 1.29 is 24.6 Å². The number of likely N-dealkylation sites (tertiary alicyclic amines) is 1. The number of aliphatic hydroxyl groups is 1. The predicted octanol–water partition coefficient (Wildman–Crippen LogP) is -1.18. The van der Waals surface area contributed by atoms with E-state index in [1.54, 1.807) is 0 Å². The third-order valence-corrected chi connectivity index (χ3v) is 3.72.